The maximum absolute atomic E-state index is 12.9. The molecule has 2 aliphatic heterocycles. The van der Waals surface area contributed by atoms with Crippen LogP contribution in [0.3, 0.4) is 0 Å². The molecule has 2 fully saturated rings. The molecular weight excluding hydrogens is 376 g/mol. The summed E-state index contributed by atoms with van der Waals surface area (Å²) in [5.41, 5.74) is -0.0990. The molecule has 1 amide bonds. The molecular formula is C18H25F2N3O3S. The lowest BCUT2D eigenvalue weighted by atomic mass is 10.2. The van der Waals surface area contributed by atoms with E-state index in [1.54, 1.807) is 0 Å². The van der Waals surface area contributed by atoms with Crippen LogP contribution in [-0.2, 0) is 14.6 Å². The van der Waals surface area contributed by atoms with Crippen LogP contribution in [0.1, 0.15) is 25.7 Å². The Morgan fingerprint density at radius 2 is 1.85 bits per heavy atom. The number of benzene rings is 1. The van der Waals surface area contributed by atoms with Gasteiger partial charge in [0.1, 0.15) is 0 Å². The number of rotatable bonds is 7. The molecule has 3 rings (SSSR count). The van der Waals surface area contributed by atoms with E-state index < -0.39 is 20.5 Å². The van der Waals surface area contributed by atoms with Gasteiger partial charge >= 0.3 is 5.76 Å². The summed E-state index contributed by atoms with van der Waals surface area (Å²) in [6.45, 7) is 4.05. The molecule has 1 N–H and O–H groups in total. The van der Waals surface area contributed by atoms with Gasteiger partial charge in [-0.15, -0.1) is 0 Å². The highest BCUT2D eigenvalue weighted by Gasteiger charge is 2.31. The molecule has 1 aromatic carbocycles. The maximum Gasteiger partial charge on any atom is 0.341 e. The van der Waals surface area contributed by atoms with Crippen LogP contribution < -0.4 is 5.32 Å². The summed E-state index contributed by atoms with van der Waals surface area (Å²) in [6.07, 6.45) is 4.47. The average Bonchev–Trinajstić information content (AvgIpc) is 3.28. The SMILES string of the molecule is O=C(CN1CCCC1CN1CCCC1)Nc1ccccc1S(=O)(=O)C(F)F. The second-order valence-electron chi connectivity index (χ2n) is 7.12. The number of nitrogens with one attached hydrogen (secondary N) is 1. The largest absolute Gasteiger partial charge is 0.341 e. The quantitative estimate of drug-likeness (QED) is 0.759. The van der Waals surface area contributed by atoms with E-state index in [0.717, 1.165) is 45.1 Å². The first-order valence-electron chi connectivity index (χ1n) is 9.25. The first-order valence-corrected chi connectivity index (χ1v) is 10.8. The number of carbonyl (C=O) groups excluding carboxylic acids is 1. The molecule has 1 aromatic rings. The Labute approximate surface area is 158 Å². The van der Waals surface area contributed by atoms with Gasteiger partial charge < -0.3 is 10.2 Å². The van der Waals surface area contributed by atoms with Gasteiger partial charge in [-0.2, -0.15) is 8.78 Å². The Kier molecular flexibility index (Phi) is 6.44. The minimum Gasteiger partial charge on any atom is -0.324 e. The van der Waals surface area contributed by atoms with E-state index in [9.17, 15) is 22.0 Å². The van der Waals surface area contributed by atoms with Crippen LogP contribution in [0.4, 0.5) is 14.5 Å². The van der Waals surface area contributed by atoms with Gasteiger partial charge in [0.15, 0.2) is 0 Å². The lowest BCUT2D eigenvalue weighted by Gasteiger charge is -2.28. The summed E-state index contributed by atoms with van der Waals surface area (Å²) < 4.78 is 49.4. The van der Waals surface area contributed by atoms with Crippen molar-refractivity contribution in [1.82, 2.24) is 9.80 Å². The summed E-state index contributed by atoms with van der Waals surface area (Å²) in [5, 5.41) is 2.51. The summed E-state index contributed by atoms with van der Waals surface area (Å²) >= 11 is 0. The highest BCUT2D eigenvalue weighted by atomic mass is 32.2. The third kappa shape index (κ3) is 4.83. The number of anilines is 1. The first-order chi connectivity index (χ1) is 12.9. The van der Waals surface area contributed by atoms with E-state index in [-0.39, 0.29) is 18.1 Å². The van der Waals surface area contributed by atoms with Crippen molar-refractivity contribution in [3.05, 3.63) is 24.3 Å². The topological polar surface area (TPSA) is 69.7 Å². The van der Waals surface area contributed by atoms with Crippen LogP contribution in [-0.4, -0.2) is 68.6 Å². The van der Waals surface area contributed by atoms with Crippen molar-refractivity contribution in [2.75, 3.05) is 38.0 Å². The fraction of sp³-hybridized carbons (Fsp3) is 0.611. The number of amides is 1. The van der Waals surface area contributed by atoms with Crippen LogP contribution in [0.15, 0.2) is 29.2 Å². The zero-order valence-electron chi connectivity index (χ0n) is 15.1. The minimum atomic E-state index is -4.78. The van der Waals surface area contributed by atoms with Gasteiger partial charge in [0.2, 0.25) is 15.7 Å². The third-order valence-electron chi connectivity index (χ3n) is 5.22. The van der Waals surface area contributed by atoms with E-state index in [1.807, 2.05) is 0 Å². The molecule has 6 nitrogen and oxygen atoms in total. The van der Waals surface area contributed by atoms with Gasteiger partial charge in [-0.1, -0.05) is 12.1 Å². The van der Waals surface area contributed by atoms with Gasteiger partial charge in [0.25, 0.3) is 0 Å². The molecule has 27 heavy (non-hydrogen) atoms. The van der Waals surface area contributed by atoms with Gasteiger partial charge in [0, 0.05) is 12.6 Å². The van der Waals surface area contributed by atoms with Crippen molar-refractivity contribution < 1.29 is 22.0 Å². The van der Waals surface area contributed by atoms with Gasteiger partial charge in [-0.3, -0.25) is 9.69 Å². The van der Waals surface area contributed by atoms with E-state index in [0.29, 0.717) is 6.04 Å². The molecule has 150 valence electrons. The Balaban J connectivity index is 1.64. The summed E-state index contributed by atoms with van der Waals surface area (Å²) in [7, 11) is -4.78. The van der Waals surface area contributed by atoms with Crippen molar-refractivity contribution in [2.45, 2.75) is 42.4 Å². The molecule has 1 unspecified atom stereocenters. The molecule has 2 saturated heterocycles. The Bertz CT molecular complexity index is 767. The smallest absolute Gasteiger partial charge is 0.324 e. The highest BCUT2D eigenvalue weighted by molar-refractivity contribution is 7.91. The molecule has 1 atom stereocenters. The van der Waals surface area contributed by atoms with Gasteiger partial charge in [0.05, 0.1) is 17.1 Å². The van der Waals surface area contributed by atoms with Crippen molar-refractivity contribution in [1.29, 1.82) is 0 Å². The number of alkyl halides is 2. The molecule has 9 heteroatoms. The first kappa shape index (κ1) is 20.2. The van der Waals surface area contributed by atoms with Crippen LogP contribution >= 0.6 is 0 Å². The Morgan fingerprint density at radius 1 is 1.15 bits per heavy atom. The zero-order chi connectivity index (χ0) is 19.4. The van der Waals surface area contributed by atoms with E-state index in [2.05, 4.69) is 15.1 Å². The predicted molar refractivity (Wildman–Crippen MR) is 98.5 cm³/mol. The number of nitrogens with zero attached hydrogens (tertiary/aromatic N) is 2. The fourth-order valence-electron chi connectivity index (χ4n) is 3.86. The number of likely N-dealkylation sites (tertiary alicyclic amines) is 2. The molecule has 0 saturated carbocycles. The second-order valence-corrected chi connectivity index (χ2v) is 9.01. The normalized spacial score (nSPS) is 21.8. The molecule has 2 heterocycles. The van der Waals surface area contributed by atoms with Crippen LogP contribution in [0, 0.1) is 0 Å². The maximum atomic E-state index is 12.9. The fourth-order valence-corrected chi connectivity index (χ4v) is 4.75. The second kappa shape index (κ2) is 8.62. The van der Waals surface area contributed by atoms with Crippen molar-refractivity contribution in [3.63, 3.8) is 0 Å². The highest BCUT2D eigenvalue weighted by Crippen LogP contribution is 2.26. The molecule has 0 aromatic heterocycles. The predicted octanol–water partition coefficient (Wildman–Crippen LogP) is 2.18. The molecule has 0 spiro atoms. The number of hydrogen-bond donors (Lipinski definition) is 1. The molecule has 0 radical (unpaired) electrons. The van der Waals surface area contributed by atoms with Gasteiger partial charge in [-0.05, 0) is 57.5 Å². The zero-order valence-corrected chi connectivity index (χ0v) is 15.9. The summed E-state index contributed by atoms with van der Waals surface area (Å²) in [5.74, 6) is -3.92. The molecule has 0 bridgehead atoms. The van der Waals surface area contributed by atoms with Crippen LogP contribution in [0.5, 0.6) is 0 Å². The lowest BCUT2D eigenvalue weighted by molar-refractivity contribution is -0.117. The number of carbonyl (C=O) groups is 1. The van der Waals surface area contributed by atoms with Gasteiger partial charge in [-0.25, -0.2) is 8.42 Å². The monoisotopic (exact) mass is 401 g/mol. The third-order valence-corrected chi connectivity index (χ3v) is 6.65. The van der Waals surface area contributed by atoms with E-state index in [1.165, 1.54) is 31.0 Å². The number of hydrogen-bond acceptors (Lipinski definition) is 5. The Hall–Kier alpha value is -1.58. The van der Waals surface area contributed by atoms with Crippen LogP contribution in [0.25, 0.3) is 0 Å². The summed E-state index contributed by atoms with van der Waals surface area (Å²) in [4.78, 5) is 16.4. The lowest BCUT2D eigenvalue weighted by Crippen LogP contribution is -2.42. The van der Waals surface area contributed by atoms with E-state index >= 15 is 0 Å². The Morgan fingerprint density at radius 3 is 2.56 bits per heavy atom. The number of sulfone groups is 1. The van der Waals surface area contributed by atoms with Crippen molar-refractivity contribution in [3.8, 4) is 0 Å². The minimum absolute atomic E-state index is 0.0990. The van der Waals surface area contributed by atoms with Crippen molar-refractivity contribution >= 4 is 21.4 Å². The van der Waals surface area contributed by atoms with Crippen molar-refractivity contribution in [2.24, 2.45) is 0 Å². The molecule has 0 aliphatic carbocycles. The number of para-hydroxylation sites is 1. The summed E-state index contributed by atoms with van der Waals surface area (Å²) in [6, 6.07) is 5.58. The standard InChI is InChI=1S/C18H25F2N3O3S/c19-18(20)27(25,26)16-8-2-1-7-15(16)21-17(24)13-23-11-5-6-14(23)12-22-9-3-4-10-22/h1-2,7-8,14,18H,3-6,9-13H2,(H,21,24). The van der Waals surface area contributed by atoms with E-state index in [4.69, 9.17) is 0 Å². The molecule has 2 aliphatic rings. The number of halogens is 2. The average molecular weight is 401 g/mol. The van der Waals surface area contributed by atoms with Crippen LogP contribution in [0.2, 0.25) is 0 Å².